The van der Waals surface area contributed by atoms with Gasteiger partial charge in [0.25, 0.3) is 0 Å². The van der Waals surface area contributed by atoms with Crippen LogP contribution in [0, 0.1) is 0 Å². The first-order valence-electron chi connectivity index (χ1n) is 12.8. The van der Waals surface area contributed by atoms with Gasteiger partial charge in [0, 0.05) is 13.0 Å². The van der Waals surface area contributed by atoms with Crippen molar-refractivity contribution in [3.63, 3.8) is 0 Å². The molecule has 0 aliphatic rings. The van der Waals surface area contributed by atoms with Crippen molar-refractivity contribution in [2.24, 2.45) is 27.9 Å². The van der Waals surface area contributed by atoms with Crippen LogP contribution in [0.5, 0.6) is 0 Å². The van der Waals surface area contributed by atoms with E-state index in [-0.39, 0.29) is 31.8 Å². The minimum absolute atomic E-state index is 0.0257. The molecule has 15 heteroatoms. The van der Waals surface area contributed by atoms with Crippen molar-refractivity contribution < 1.29 is 34.2 Å². The van der Waals surface area contributed by atoms with Gasteiger partial charge in [0.1, 0.15) is 18.1 Å². The molecule has 0 saturated heterocycles. The summed E-state index contributed by atoms with van der Waals surface area (Å²) in [4.78, 5) is 65.7. The van der Waals surface area contributed by atoms with Gasteiger partial charge in [-0.15, -0.1) is 0 Å². The molecule has 0 bridgehead atoms. The number of amides is 3. The van der Waals surface area contributed by atoms with Gasteiger partial charge in [-0.05, 0) is 37.8 Å². The Hall–Kier alpha value is -4.24. The minimum Gasteiger partial charge on any atom is -0.481 e. The first-order chi connectivity index (χ1) is 18.9. The summed E-state index contributed by atoms with van der Waals surface area (Å²) in [5.41, 5.74) is 22.6. The third kappa shape index (κ3) is 13.5. The minimum atomic E-state index is -1.63. The van der Waals surface area contributed by atoms with Gasteiger partial charge in [0.05, 0.1) is 12.5 Å². The van der Waals surface area contributed by atoms with Crippen molar-refractivity contribution in [2.75, 3.05) is 13.1 Å². The highest BCUT2D eigenvalue weighted by Crippen LogP contribution is 2.07. The van der Waals surface area contributed by atoms with E-state index >= 15 is 0 Å². The summed E-state index contributed by atoms with van der Waals surface area (Å²) in [5.74, 6) is -5.41. The number of guanidine groups is 1. The zero-order valence-electron chi connectivity index (χ0n) is 22.3. The lowest BCUT2D eigenvalue weighted by Crippen LogP contribution is -2.58. The molecule has 15 nitrogen and oxygen atoms in total. The molecule has 1 rings (SSSR count). The van der Waals surface area contributed by atoms with E-state index in [2.05, 4.69) is 20.9 Å². The van der Waals surface area contributed by atoms with E-state index in [4.69, 9.17) is 22.9 Å². The van der Waals surface area contributed by atoms with E-state index in [1.807, 2.05) is 0 Å². The highest BCUT2D eigenvalue weighted by molar-refractivity contribution is 5.95. The summed E-state index contributed by atoms with van der Waals surface area (Å²) in [5, 5.41) is 26.0. The molecule has 0 saturated carbocycles. The Morgan fingerprint density at radius 1 is 0.800 bits per heavy atom. The van der Waals surface area contributed by atoms with Crippen LogP contribution in [0.4, 0.5) is 0 Å². The van der Waals surface area contributed by atoms with Crippen molar-refractivity contribution in [1.29, 1.82) is 0 Å². The molecule has 0 spiro atoms. The van der Waals surface area contributed by atoms with Crippen molar-refractivity contribution in [1.82, 2.24) is 16.0 Å². The fourth-order valence-corrected chi connectivity index (χ4v) is 3.67. The number of carboxylic acid groups (broad SMARTS) is 2. The highest BCUT2D eigenvalue weighted by Gasteiger charge is 2.31. The topological polar surface area (TPSA) is 278 Å². The van der Waals surface area contributed by atoms with Crippen LogP contribution in [0.3, 0.4) is 0 Å². The first-order valence-corrected chi connectivity index (χ1v) is 12.8. The van der Waals surface area contributed by atoms with Crippen LogP contribution >= 0.6 is 0 Å². The number of nitrogens with two attached hydrogens (primary N) is 4. The Balaban J connectivity index is 3.04. The average Bonchev–Trinajstić information content (AvgIpc) is 2.89. The summed E-state index contributed by atoms with van der Waals surface area (Å²) in [7, 11) is 0. The third-order valence-corrected chi connectivity index (χ3v) is 5.79. The van der Waals surface area contributed by atoms with Gasteiger partial charge in [0.15, 0.2) is 5.96 Å². The van der Waals surface area contributed by atoms with E-state index in [0.717, 1.165) is 0 Å². The predicted octanol–water partition coefficient (Wildman–Crippen LogP) is -2.25. The van der Waals surface area contributed by atoms with E-state index in [0.29, 0.717) is 31.4 Å². The molecule has 0 radical (unpaired) electrons. The normalized spacial score (nSPS) is 13.7. The quantitative estimate of drug-likeness (QED) is 0.0491. The fraction of sp³-hybridized carbons (Fsp3) is 0.520. The number of unbranched alkanes of at least 4 members (excludes halogenated alkanes) is 1. The summed E-state index contributed by atoms with van der Waals surface area (Å²) < 4.78 is 0. The predicted molar refractivity (Wildman–Crippen MR) is 147 cm³/mol. The van der Waals surface area contributed by atoms with Gasteiger partial charge in [-0.3, -0.25) is 24.2 Å². The highest BCUT2D eigenvalue weighted by atomic mass is 16.4. The molecule has 222 valence electrons. The lowest BCUT2D eigenvalue weighted by molar-refractivity contribution is -0.143. The van der Waals surface area contributed by atoms with Crippen LogP contribution < -0.4 is 38.9 Å². The first kappa shape index (κ1) is 33.8. The van der Waals surface area contributed by atoms with Gasteiger partial charge < -0.3 is 49.1 Å². The molecule has 0 heterocycles. The van der Waals surface area contributed by atoms with Crippen LogP contribution in [0.15, 0.2) is 35.3 Å². The maximum absolute atomic E-state index is 13.2. The van der Waals surface area contributed by atoms with Crippen LogP contribution in [0.25, 0.3) is 0 Å². The summed E-state index contributed by atoms with van der Waals surface area (Å²) in [6, 6.07) is 3.59. The van der Waals surface area contributed by atoms with Crippen molar-refractivity contribution >= 4 is 35.6 Å². The van der Waals surface area contributed by atoms with Crippen molar-refractivity contribution in [3.8, 4) is 0 Å². The van der Waals surface area contributed by atoms with Crippen LogP contribution in [0.1, 0.15) is 44.1 Å². The number of carbonyl (C=O) groups is 5. The number of benzene rings is 1. The second-order valence-corrected chi connectivity index (χ2v) is 9.15. The summed E-state index contributed by atoms with van der Waals surface area (Å²) in [6.07, 6.45) is 0.972. The summed E-state index contributed by atoms with van der Waals surface area (Å²) in [6.45, 7) is 0.561. The monoisotopic (exact) mass is 564 g/mol. The Bertz CT molecular complexity index is 1020. The largest absolute Gasteiger partial charge is 0.481 e. The molecule has 4 unspecified atom stereocenters. The fourth-order valence-electron chi connectivity index (χ4n) is 3.67. The maximum atomic E-state index is 13.2. The number of nitrogens with zero attached hydrogens (tertiary/aromatic N) is 1. The van der Waals surface area contributed by atoms with Crippen LogP contribution in [0.2, 0.25) is 0 Å². The van der Waals surface area contributed by atoms with Crippen LogP contribution in [-0.2, 0) is 30.4 Å². The number of rotatable bonds is 19. The lowest BCUT2D eigenvalue weighted by Gasteiger charge is -2.25. The SMILES string of the molecule is NCCCCC(N)C(=O)NC(Cc1ccccc1)C(=O)NC(CC(=O)O)C(=O)NC(CCCN=C(N)N)C(=O)O. The molecule has 0 aliphatic heterocycles. The smallest absolute Gasteiger partial charge is 0.326 e. The Morgan fingerprint density at radius 2 is 1.40 bits per heavy atom. The standard InChI is InChI=1S/C25H40N8O7/c26-11-5-4-9-16(27)21(36)32-18(13-15-7-2-1-3-8-15)22(37)33-19(14-20(34)35)23(38)31-17(24(39)40)10-6-12-30-25(28)29/h1-3,7-8,16-19H,4-6,9-14,26-27H2,(H,31,38)(H,32,36)(H,33,37)(H,34,35)(H,39,40)(H4,28,29,30). The third-order valence-electron chi connectivity index (χ3n) is 5.79. The number of aliphatic carboxylic acids is 2. The molecule has 0 aliphatic carbocycles. The Morgan fingerprint density at radius 3 is 1.98 bits per heavy atom. The van der Waals surface area contributed by atoms with Gasteiger partial charge >= 0.3 is 11.9 Å². The molecule has 3 amide bonds. The molecule has 40 heavy (non-hydrogen) atoms. The van der Waals surface area contributed by atoms with Gasteiger partial charge in [-0.1, -0.05) is 36.8 Å². The zero-order valence-corrected chi connectivity index (χ0v) is 22.3. The van der Waals surface area contributed by atoms with E-state index in [1.165, 1.54) is 0 Å². The number of hydrogen-bond donors (Lipinski definition) is 9. The Kier molecular flexibility index (Phi) is 15.3. The molecule has 0 fully saturated rings. The van der Waals surface area contributed by atoms with Gasteiger partial charge in [-0.25, -0.2) is 4.79 Å². The zero-order chi connectivity index (χ0) is 30.1. The summed E-state index contributed by atoms with van der Waals surface area (Å²) >= 11 is 0. The molecule has 0 aromatic heterocycles. The lowest BCUT2D eigenvalue weighted by atomic mass is 10.0. The number of carboxylic acids is 2. The second-order valence-electron chi connectivity index (χ2n) is 9.15. The maximum Gasteiger partial charge on any atom is 0.326 e. The molecule has 1 aromatic carbocycles. The molecule has 4 atom stereocenters. The van der Waals surface area contributed by atoms with E-state index < -0.39 is 60.2 Å². The molecule has 1 aromatic rings. The number of aliphatic imine (C=N–C) groups is 1. The second kappa shape index (κ2) is 18.1. The number of hydrogen-bond acceptors (Lipinski definition) is 8. The van der Waals surface area contributed by atoms with E-state index in [9.17, 15) is 34.2 Å². The van der Waals surface area contributed by atoms with E-state index in [1.54, 1.807) is 30.3 Å². The Labute approximate surface area is 232 Å². The van der Waals surface area contributed by atoms with Crippen LogP contribution in [-0.4, -0.2) is 83.1 Å². The van der Waals surface area contributed by atoms with Crippen molar-refractivity contribution in [2.45, 2.75) is 69.1 Å². The molecular weight excluding hydrogens is 524 g/mol. The van der Waals surface area contributed by atoms with Gasteiger partial charge in [0.2, 0.25) is 17.7 Å². The van der Waals surface area contributed by atoms with Gasteiger partial charge in [-0.2, -0.15) is 0 Å². The number of carbonyl (C=O) groups excluding carboxylic acids is 3. The molecule has 13 N–H and O–H groups in total. The molecular formula is C25H40N8O7. The van der Waals surface area contributed by atoms with Crippen molar-refractivity contribution in [3.05, 3.63) is 35.9 Å². The number of nitrogens with one attached hydrogen (secondary N) is 3. The average molecular weight is 565 g/mol.